The van der Waals surface area contributed by atoms with Crippen LogP contribution in [0.25, 0.3) is 0 Å². The lowest BCUT2D eigenvalue weighted by Gasteiger charge is -2.16. The molecule has 3 heteroatoms. The maximum absolute atomic E-state index is 5.70. The van der Waals surface area contributed by atoms with E-state index in [0.717, 1.165) is 12.4 Å². The summed E-state index contributed by atoms with van der Waals surface area (Å²) in [6, 6.07) is 0. The van der Waals surface area contributed by atoms with Crippen LogP contribution in [0.1, 0.15) is 44.4 Å². The molecule has 0 radical (unpaired) electrons. The minimum absolute atomic E-state index is 0.148. The van der Waals surface area contributed by atoms with Crippen molar-refractivity contribution in [2.75, 3.05) is 0 Å². The first kappa shape index (κ1) is 9.71. The van der Waals surface area contributed by atoms with E-state index >= 15 is 0 Å². The summed E-state index contributed by atoms with van der Waals surface area (Å²) < 4.78 is 2.31. The van der Waals surface area contributed by atoms with Crippen molar-refractivity contribution < 1.29 is 0 Å². The number of hydrogen-bond donors (Lipinski definition) is 1. The van der Waals surface area contributed by atoms with E-state index in [9.17, 15) is 0 Å². The Morgan fingerprint density at radius 1 is 1.43 bits per heavy atom. The molecule has 0 bridgehead atoms. The zero-order chi connectivity index (χ0) is 10.3. The van der Waals surface area contributed by atoms with E-state index in [2.05, 4.69) is 30.3 Å². The number of fused-ring (bicyclic) bond motifs is 1. The highest BCUT2D eigenvalue weighted by Crippen LogP contribution is 2.30. The van der Waals surface area contributed by atoms with Gasteiger partial charge in [-0.3, -0.25) is 0 Å². The summed E-state index contributed by atoms with van der Waals surface area (Å²) in [5.74, 6) is 1.06. The molecule has 0 saturated carbocycles. The first-order valence-electron chi connectivity index (χ1n) is 5.33. The highest BCUT2D eigenvalue weighted by molar-refractivity contribution is 5.26. The van der Waals surface area contributed by atoms with Gasteiger partial charge in [0, 0.05) is 17.7 Å². The van der Waals surface area contributed by atoms with Crippen LogP contribution in [0.15, 0.2) is 0 Å². The average molecular weight is 193 g/mol. The molecule has 1 aliphatic rings. The summed E-state index contributed by atoms with van der Waals surface area (Å²) in [6.45, 7) is 8.31. The average Bonchev–Trinajstić information content (AvgIpc) is 2.59. The van der Waals surface area contributed by atoms with Gasteiger partial charge in [-0.05, 0) is 12.8 Å². The Balaban J connectivity index is 2.52. The largest absolute Gasteiger partial charge is 0.331 e. The summed E-state index contributed by atoms with van der Waals surface area (Å²) in [5.41, 5.74) is 8.50. The third-order valence-corrected chi connectivity index (χ3v) is 2.84. The Morgan fingerprint density at radius 2 is 2.14 bits per heavy atom. The molecule has 2 heterocycles. The molecule has 0 unspecified atom stereocenters. The van der Waals surface area contributed by atoms with Gasteiger partial charge in [0.1, 0.15) is 5.82 Å². The second kappa shape index (κ2) is 3.09. The summed E-state index contributed by atoms with van der Waals surface area (Å²) >= 11 is 0. The minimum Gasteiger partial charge on any atom is -0.331 e. The molecule has 3 nitrogen and oxygen atoms in total. The van der Waals surface area contributed by atoms with Crippen LogP contribution in [0.2, 0.25) is 0 Å². The molecule has 0 aromatic carbocycles. The molecule has 0 amide bonds. The van der Waals surface area contributed by atoms with Crippen molar-refractivity contribution >= 4 is 0 Å². The van der Waals surface area contributed by atoms with Gasteiger partial charge in [0.05, 0.1) is 12.2 Å². The van der Waals surface area contributed by atoms with Crippen LogP contribution in [-0.4, -0.2) is 9.55 Å². The van der Waals surface area contributed by atoms with E-state index in [1.807, 2.05) is 0 Å². The van der Waals surface area contributed by atoms with Crippen molar-refractivity contribution in [3.63, 3.8) is 0 Å². The number of rotatable bonds is 1. The van der Waals surface area contributed by atoms with Crippen molar-refractivity contribution in [2.24, 2.45) is 5.73 Å². The van der Waals surface area contributed by atoms with Gasteiger partial charge in [-0.25, -0.2) is 4.98 Å². The normalized spacial score (nSPS) is 16.0. The molecule has 1 aliphatic heterocycles. The Hall–Kier alpha value is -0.830. The quantitative estimate of drug-likeness (QED) is 0.736. The van der Waals surface area contributed by atoms with Crippen LogP contribution in [-0.2, 0) is 24.9 Å². The summed E-state index contributed by atoms with van der Waals surface area (Å²) in [4.78, 5) is 4.66. The van der Waals surface area contributed by atoms with Gasteiger partial charge in [-0.15, -0.1) is 0 Å². The van der Waals surface area contributed by atoms with Gasteiger partial charge < -0.3 is 10.3 Å². The molecule has 2 rings (SSSR count). The monoisotopic (exact) mass is 193 g/mol. The van der Waals surface area contributed by atoms with Crippen LogP contribution >= 0.6 is 0 Å². The second-order valence-corrected chi connectivity index (χ2v) is 5.03. The van der Waals surface area contributed by atoms with Crippen molar-refractivity contribution in [1.82, 2.24) is 9.55 Å². The van der Waals surface area contributed by atoms with Crippen LogP contribution in [0.4, 0.5) is 0 Å². The second-order valence-electron chi connectivity index (χ2n) is 5.03. The van der Waals surface area contributed by atoms with Gasteiger partial charge >= 0.3 is 0 Å². The maximum Gasteiger partial charge on any atom is 0.123 e. The minimum atomic E-state index is 0.148. The Labute approximate surface area is 85.3 Å². The zero-order valence-electron chi connectivity index (χ0n) is 9.30. The molecule has 1 aromatic rings. The van der Waals surface area contributed by atoms with Gasteiger partial charge in [-0.2, -0.15) is 0 Å². The maximum atomic E-state index is 5.70. The molecule has 78 valence electrons. The summed E-state index contributed by atoms with van der Waals surface area (Å²) in [7, 11) is 0. The smallest absolute Gasteiger partial charge is 0.123 e. The molecule has 0 atom stereocenters. The summed E-state index contributed by atoms with van der Waals surface area (Å²) in [6.07, 6.45) is 2.41. The van der Waals surface area contributed by atoms with Crippen molar-refractivity contribution in [2.45, 2.75) is 52.1 Å². The van der Waals surface area contributed by atoms with Crippen LogP contribution in [0, 0.1) is 0 Å². The van der Waals surface area contributed by atoms with E-state index < -0.39 is 0 Å². The highest BCUT2D eigenvalue weighted by Gasteiger charge is 2.27. The topological polar surface area (TPSA) is 43.8 Å². The van der Waals surface area contributed by atoms with Crippen LogP contribution < -0.4 is 5.73 Å². The predicted octanol–water partition coefficient (Wildman–Crippen LogP) is 1.59. The van der Waals surface area contributed by atoms with Gasteiger partial charge in [0.15, 0.2) is 0 Å². The lowest BCUT2D eigenvalue weighted by atomic mass is 9.90. The van der Waals surface area contributed by atoms with E-state index in [4.69, 9.17) is 5.73 Å². The van der Waals surface area contributed by atoms with Crippen molar-refractivity contribution in [3.8, 4) is 0 Å². The third kappa shape index (κ3) is 1.36. The first-order chi connectivity index (χ1) is 6.54. The van der Waals surface area contributed by atoms with E-state index in [0.29, 0.717) is 6.54 Å². The highest BCUT2D eigenvalue weighted by atomic mass is 15.1. The number of hydrogen-bond acceptors (Lipinski definition) is 2. The lowest BCUT2D eigenvalue weighted by Crippen LogP contribution is -2.14. The predicted molar refractivity (Wildman–Crippen MR) is 57.1 cm³/mol. The molecule has 1 aromatic heterocycles. The van der Waals surface area contributed by atoms with E-state index in [1.54, 1.807) is 0 Å². The Kier molecular flexibility index (Phi) is 2.14. The number of aromatic nitrogens is 2. The van der Waals surface area contributed by atoms with E-state index in [-0.39, 0.29) is 5.41 Å². The van der Waals surface area contributed by atoms with Crippen molar-refractivity contribution in [3.05, 3.63) is 17.2 Å². The van der Waals surface area contributed by atoms with E-state index in [1.165, 1.54) is 24.2 Å². The van der Waals surface area contributed by atoms with Gasteiger partial charge in [-0.1, -0.05) is 20.8 Å². The fourth-order valence-corrected chi connectivity index (χ4v) is 2.22. The fourth-order valence-electron chi connectivity index (χ4n) is 2.22. The molecule has 2 N–H and O–H groups in total. The molecule has 0 saturated heterocycles. The van der Waals surface area contributed by atoms with Gasteiger partial charge in [0.2, 0.25) is 0 Å². The Morgan fingerprint density at radius 3 is 2.71 bits per heavy atom. The Bertz CT molecular complexity index is 344. The zero-order valence-corrected chi connectivity index (χ0v) is 9.30. The molecule has 0 aliphatic carbocycles. The lowest BCUT2D eigenvalue weighted by molar-refractivity contribution is 0.563. The SMILES string of the molecule is CC(C)(C)c1nc(CN)n2c1CCC2. The fraction of sp³-hybridized carbons (Fsp3) is 0.727. The van der Waals surface area contributed by atoms with Crippen LogP contribution in [0.5, 0.6) is 0 Å². The molecule has 0 fully saturated rings. The molecule has 0 spiro atoms. The number of nitrogens with zero attached hydrogens (tertiary/aromatic N) is 2. The summed E-state index contributed by atoms with van der Waals surface area (Å²) in [5, 5.41) is 0. The molecular weight excluding hydrogens is 174 g/mol. The molecule has 14 heavy (non-hydrogen) atoms. The van der Waals surface area contributed by atoms with Crippen LogP contribution in [0.3, 0.4) is 0 Å². The third-order valence-electron chi connectivity index (χ3n) is 2.84. The number of imidazole rings is 1. The standard InChI is InChI=1S/C11H19N3/c1-11(2,3)10-8-5-4-6-14(8)9(7-12)13-10/h4-7,12H2,1-3H3. The first-order valence-corrected chi connectivity index (χ1v) is 5.33. The van der Waals surface area contributed by atoms with Crippen molar-refractivity contribution in [1.29, 1.82) is 0 Å². The van der Waals surface area contributed by atoms with Gasteiger partial charge in [0.25, 0.3) is 0 Å². The molecular formula is C11H19N3. The number of nitrogens with two attached hydrogens (primary N) is 1.